The summed E-state index contributed by atoms with van der Waals surface area (Å²) in [5, 5.41) is 0. The number of ketones is 1. The van der Waals surface area contributed by atoms with Crippen LogP contribution < -0.4 is 0 Å². The van der Waals surface area contributed by atoms with Gasteiger partial charge in [-0.25, -0.2) is 0 Å². The highest BCUT2D eigenvalue weighted by atomic mass is 16.7. The van der Waals surface area contributed by atoms with Crippen LogP contribution in [-0.4, -0.2) is 24.0 Å². The summed E-state index contributed by atoms with van der Waals surface area (Å²) in [5.74, 6) is -1.04. The van der Waals surface area contributed by atoms with Gasteiger partial charge in [-0.15, -0.1) is 0 Å². The van der Waals surface area contributed by atoms with E-state index in [0.29, 0.717) is 6.42 Å². The van der Waals surface area contributed by atoms with Crippen molar-refractivity contribution in [3.05, 3.63) is 0 Å². The average Bonchev–Trinajstić information content (AvgIpc) is 2.12. The monoisotopic (exact) mass is 216 g/mol. The highest BCUT2D eigenvalue weighted by Crippen LogP contribution is 2.01. The Kier molecular flexibility index (Phi) is 6.33. The van der Waals surface area contributed by atoms with Crippen LogP contribution >= 0.6 is 0 Å². The Labute approximate surface area is 88.7 Å². The van der Waals surface area contributed by atoms with Crippen molar-refractivity contribution in [3.8, 4) is 0 Å². The molecule has 5 heteroatoms. The third-order valence-electron chi connectivity index (χ3n) is 1.63. The summed E-state index contributed by atoms with van der Waals surface area (Å²) in [7, 11) is 0. The van der Waals surface area contributed by atoms with E-state index in [1.54, 1.807) is 6.92 Å². The van der Waals surface area contributed by atoms with Crippen LogP contribution in [-0.2, 0) is 23.9 Å². The van der Waals surface area contributed by atoms with Crippen LogP contribution in [0, 0.1) is 0 Å². The van der Waals surface area contributed by atoms with Gasteiger partial charge in [0.15, 0.2) is 0 Å². The molecule has 86 valence electrons. The summed E-state index contributed by atoms with van der Waals surface area (Å²) in [5.41, 5.74) is 0. The van der Waals surface area contributed by atoms with E-state index < -0.39 is 18.2 Å². The van der Waals surface area contributed by atoms with Crippen molar-refractivity contribution < 1.29 is 23.9 Å². The van der Waals surface area contributed by atoms with Crippen molar-refractivity contribution in [3.63, 3.8) is 0 Å². The number of ether oxygens (including phenoxy) is 2. The maximum Gasteiger partial charge on any atom is 0.309 e. The average molecular weight is 216 g/mol. The number of esters is 2. The van der Waals surface area contributed by atoms with E-state index in [9.17, 15) is 14.4 Å². The lowest BCUT2D eigenvalue weighted by atomic mass is 10.2. The Hall–Kier alpha value is -1.39. The van der Waals surface area contributed by atoms with E-state index in [2.05, 4.69) is 4.74 Å². The largest absolute Gasteiger partial charge is 0.426 e. The number of carbonyl (C=O) groups is 3. The Balaban J connectivity index is 3.73. The molecule has 1 unspecified atom stereocenters. The molecule has 0 aromatic carbocycles. The van der Waals surface area contributed by atoms with E-state index in [1.165, 1.54) is 13.8 Å². The summed E-state index contributed by atoms with van der Waals surface area (Å²) in [4.78, 5) is 32.5. The van der Waals surface area contributed by atoms with Crippen molar-refractivity contribution in [1.82, 2.24) is 0 Å². The molecule has 5 nitrogen and oxygen atoms in total. The lowest BCUT2D eigenvalue weighted by Crippen LogP contribution is -2.20. The summed E-state index contributed by atoms with van der Waals surface area (Å²) < 4.78 is 9.31. The highest BCUT2D eigenvalue weighted by molar-refractivity contribution is 5.82. The molecular weight excluding hydrogens is 200 g/mol. The Morgan fingerprint density at radius 1 is 1.13 bits per heavy atom. The first kappa shape index (κ1) is 13.6. The molecular formula is C10H16O5. The molecule has 0 heterocycles. The van der Waals surface area contributed by atoms with Crippen molar-refractivity contribution in [2.75, 3.05) is 0 Å². The zero-order valence-electron chi connectivity index (χ0n) is 9.24. The maximum absolute atomic E-state index is 11.1. The van der Waals surface area contributed by atoms with Gasteiger partial charge in [0.05, 0.1) is 6.42 Å². The van der Waals surface area contributed by atoms with Gasteiger partial charge in [0.2, 0.25) is 6.29 Å². The maximum atomic E-state index is 11.1. The molecule has 0 fully saturated rings. The van der Waals surface area contributed by atoms with E-state index in [4.69, 9.17) is 4.74 Å². The third-order valence-corrected chi connectivity index (χ3v) is 1.63. The molecule has 0 amide bonds. The molecule has 0 aliphatic rings. The smallest absolute Gasteiger partial charge is 0.309 e. The zero-order valence-corrected chi connectivity index (χ0v) is 9.24. The minimum atomic E-state index is -0.897. The van der Waals surface area contributed by atoms with Gasteiger partial charge in [0, 0.05) is 26.7 Å². The van der Waals surface area contributed by atoms with Crippen LogP contribution in [0.3, 0.4) is 0 Å². The fourth-order valence-corrected chi connectivity index (χ4v) is 0.920. The number of rotatable bonds is 6. The minimum Gasteiger partial charge on any atom is -0.426 e. The highest BCUT2D eigenvalue weighted by Gasteiger charge is 2.12. The van der Waals surface area contributed by atoms with Crippen LogP contribution in [0.5, 0.6) is 0 Å². The predicted molar refractivity (Wildman–Crippen MR) is 51.9 cm³/mol. The molecule has 15 heavy (non-hydrogen) atoms. The van der Waals surface area contributed by atoms with Gasteiger partial charge in [-0.05, 0) is 0 Å². The fraction of sp³-hybridized carbons (Fsp3) is 0.700. The fourth-order valence-electron chi connectivity index (χ4n) is 0.920. The first-order chi connectivity index (χ1) is 6.95. The standard InChI is InChI=1S/C10H16O5/c1-4-9(12)5-6-10(13)15-8(3)14-7(2)11/h8H,4-6H2,1-3H3. The third kappa shape index (κ3) is 7.66. The Bertz CT molecular complexity index is 246. The van der Waals surface area contributed by atoms with Gasteiger partial charge in [0.25, 0.3) is 0 Å². The van der Waals surface area contributed by atoms with E-state index in [-0.39, 0.29) is 18.6 Å². The lowest BCUT2D eigenvalue weighted by Gasteiger charge is -2.12. The van der Waals surface area contributed by atoms with Gasteiger partial charge in [-0.2, -0.15) is 0 Å². The SMILES string of the molecule is CCC(=O)CCC(=O)OC(C)OC(C)=O. The van der Waals surface area contributed by atoms with E-state index in [0.717, 1.165) is 0 Å². The normalized spacial score (nSPS) is 11.7. The molecule has 0 saturated carbocycles. The molecule has 0 bridgehead atoms. The van der Waals surface area contributed by atoms with Gasteiger partial charge in [-0.3, -0.25) is 14.4 Å². The van der Waals surface area contributed by atoms with E-state index in [1.807, 2.05) is 0 Å². The van der Waals surface area contributed by atoms with Gasteiger partial charge >= 0.3 is 11.9 Å². The minimum absolute atomic E-state index is 0.00656. The predicted octanol–water partition coefficient (Wildman–Crippen LogP) is 1.20. The zero-order chi connectivity index (χ0) is 11.8. The van der Waals surface area contributed by atoms with Crippen molar-refractivity contribution in [2.24, 2.45) is 0 Å². The van der Waals surface area contributed by atoms with Crippen LogP contribution in [0.2, 0.25) is 0 Å². The summed E-state index contributed by atoms with van der Waals surface area (Å²) >= 11 is 0. The molecule has 0 spiro atoms. The van der Waals surface area contributed by atoms with Crippen LogP contribution in [0.4, 0.5) is 0 Å². The summed E-state index contributed by atoms with van der Waals surface area (Å²) in [6.45, 7) is 4.40. The molecule has 0 N–H and O–H groups in total. The van der Waals surface area contributed by atoms with Gasteiger partial charge in [0.1, 0.15) is 5.78 Å². The van der Waals surface area contributed by atoms with Crippen LogP contribution in [0.15, 0.2) is 0 Å². The van der Waals surface area contributed by atoms with Gasteiger partial charge < -0.3 is 9.47 Å². The second-order valence-corrected chi connectivity index (χ2v) is 3.06. The number of hydrogen-bond acceptors (Lipinski definition) is 5. The summed E-state index contributed by atoms with van der Waals surface area (Å²) in [6.07, 6.45) is -0.292. The molecule has 0 aromatic heterocycles. The van der Waals surface area contributed by atoms with Crippen molar-refractivity contribution >= 4 is 17.7 Å². The number of Topliss-reactive ketones (excluding diaryl/α,β-unsaturated/α-hetero) is 1. The quantitative estimate of drug-likeness (QED) is 0.493. The lowest BCUT2D eigenvalue weighted by molar-refractivity contribution is -0.183. The molecule has 0 aliphatic carbocycles. The van der Waals surface area contributed by atoms with Gasteiger partial charge in [-0.1, -0.05) is 6.92 Å². The molecule has 0 rings (SSSR count). The van der Waals surface area contributed by atoms with Crippen molar-refractivity contribution in [2.45, 2.75) is 46.3 Å². The molecule has 0 radical (unpaired) electrons. The van der Waals surface area contributed by atoms with Crippen LogP contribution in [0.1, 0.15) is 40.0 Å². The van der Waals surface area contributed by atoms with E-state index >= 15 is 0 Å². The summed E-state index contributed by atoms with van der Waals surface area (Å²) in [6, 6.07) is 0. The molecule has 0 aromatic rings. The Morgan fingerprint density at radius 2 is 1.73 bits per heavy atom. The number of hydrogen-bond donors (Lipinski definition) is 0. The second kappa shape index (κ2) is 6.98. The molecule has 0 saturated heterocycles. The Morgan fingerprint density at radius 3 is 2.20 bits per heavy atom. The van der Waals surface area contributed by atoms with Crippen molar-refractivity contribution in [1.29, 1.82) is 0 Å². The second-order valence-electron chi connectivity index (χ2n) is 3.06. The van der Waals surface area contributed by atoms with Crippen LogP contribution in [0.25, 0.3) is 0 Å². The first-order valence-electron chi connectivity index (χ1n) is 4.84. The first-order valence-corrected chi connectivity index (χ1v) is 4.84. The molecule has 0 aliphatic heterocycles. The topological polar surface area (TPSA) is 69.7 Å². The number of carbonyl (C=O) groups excluding carboxylic acids is 3. The molecule has 1 atom stereocenters.